The maximum atomic E-state index is 11.8. The van der Waals surface area contributed by atoms with Crippen molar-refractivity contribution in [1.29, 1.82) is 5.41 Å². The van der Waals surface area contributed by atoms with Crippen molar-refractivity contribution in [3.63, 3.8) is 0 Å². The highest BCUT2D eigenvalue weighted by Gasteiger charge is 2.06. The van der Waals surface area contributed by atoms with Gasteiger partial charge in [-0.25, -0.2) is 0 Å². The fourth-order valence-electron chi connectivity index (χ4n) is 2.60. The molecule has 0 unspecified atom stereocenters. The zero-order chi connectivity index (χ0) is 24.6. The second-order valence-electron chi connectivity index (χ2n) is 7.54. The van der Waals surface area contributed by atoms with Crippen LogP contribution in [-0.4, -0.2) is 49.4 Å². The predicted molar refractivity (Wildman–Crippen MR) is 139 cm³/mol. The smallest absolute Gasteiger partial charge is 0.239 e. The molecule has 33 heavy (non-hydrogen) atoms. The number of unbranched alkanes of at least 4 members (excludes halogenated alkanes) is 1. The number of carbonyl (C=O) groups excluding carboxylic acids is 2. The Labute approximate surface area is 200 Å². The first-order valence-electron chi connectivity index (χ1n) is 11.8. The molecule has 0 aliphatic rings. The van der Waals surface area contributed by atoms with Gasteiger partial charge in [0.15, 0.2) is 5.96 Å². The van der Waals surface area contributed by atoms with E-state index >= 15 is 0 Å². The number of rotatable bonds is 18. The Balaban J connectivity index is 3.61. The Kier molecular flexibility index (Phi) is 20.0. The van der Waals surface area contributed by atoms with Crippen LogP contribution in [0, 0.1) is 5.41 Å². The molecule has 0 bridgehead atoms. The molecule has 0 radical (unpaired) electrons. The van der Waals surface area contributed by atoms with Crippen LogP contribution in [0.5, 0.6) is 0 Å². The van der Waals surface area contributed by atoms with Gasteiger partial charge in [0.2, 0.25) is 11.8 Å². The summed E-state index contributed by atoms with van der Waals surface area (Å²) in [5.41, 5.74) is 5.27. The van der Waals surface area contributed by atoms with Gasteiger partial charge in [-0.1, -0.05) is 67.7 Å². The molecule has 0 saturated heterocycles. The minimum Gasteiger partial charge on any atom is -0.370 e. The second kappa shape index (κ2) is 22.1. The Bertz CT molecular complexity index is 693. The highest BCUT2D eigenvalue weighted by molar-refractivity contribution is 5.84. The molecule has 0 saturated carbocycles. The van der Waals surface area contributed by atoms with E-state index in [1.165, 1.54) is 4.90 Å². The van der Waals surface area contributed by atoms with Crippen molar-refractivity contribution in [1.82, 2.24) is 15.5 Å². The molecular formula is C26H43N5O2. The minimum absolute atomic E-state index is 0.0162. The Morgan fingerprint density at radius 1 is 0.788 bits per heavy atom. The summed E-state index contributed by atoms with van der Waals surface area (Å²) < 4.78 is 0. The number of nitrogens with one attached hydrogen (secondary N) is 3. The van der Waals surface area contributed by atoms with E-state index in [0.29, 0.717) is 19.5 Å². The number of nitrogens with zero attached hydrogens (tertiary/aromatic N) is 1. The molecule has 0 atom stereocenters. The second-order valence-corrected chi connectivity index (χ2v) is 7.54. The summed E-state index contributed by atoms with van der Waals surface area (Å²) in [7, 11) is 1.57. The monoisotopic (exact) mass is 457 g/mol. The molecule has 2 amide bonds. The number of guanidine groups is 1. The summed E-state index contributed by atoms with van der Waals surface area (Å²) in [6.07, 6.45) is 28.8. The zero-order valence-corrected chi connectivity index (χ0v) is 20.4. The fourth-order valence-corrected chi connectivity index (χ4v) is 2.60. The van der Waals surface area contributed by atoms with Gasteiger partial charge in [-0.3, -0.25) is 15.0 Å². The fraction of sp³-hybridized carbons (Fsp3) is 0.500. The molecule has 0 aromatic carbocycles. The molecule has 0 aromatic rings. The molecule has 7 heteroatoms. The van der Waals surface area contributed by atoms with E-state index in [1.807, 2.05) is 0 Å². The van der Waals surface area contributed by atoms with Crippen LogP contribution in [0.4, 0.5) is 0 Å². The van der Waals surface area contributed by atoms with Gasteiger partial charge in [0.05, 0.1) is 6.54 Å². The van der Waals surface area contributed by atoms with Gasteiger partial charge in [0.25, 0.3) is 0 Å². The lowest BCUT2D eigenvalue weighted by Crippen LogP contribution is -2.43. The minimum atomic E-state index is -0.236. The SMILES string of the molecule is CC/C=C\C/C=C\C/C=C\C/C=C\C/C=C\CCCC(=O)NCCNC(=O)CN(C)C(=N)N. The molecule has 0 rings (SSSR count). The Morgan fingerprint density at radius 3 is 1.73 bits per heavy atom. The summed E-state index contributed by atoms with van der Waals surface area (Å²) in [4.78, 5) is 24.7. The van der Waals surface area contributed by atoms with Crippen LogP contribution < -0.4 is 16.4 Å². The number of nitrogens with two attached hydrogens (primary N) is 1. The Hall–Kier alpha value is -3.09. The number of amides is 2. The zero-order valence-electron chi connectivity index (χ0n) is 20.4. The van der Waals surface area contributed by atoms with Gasteiger partial charge in [0, 0.05) is 26.6 Å². The third kappa shape index (κ3) is 21.9. The van der Waals surface area contributed by atoms with Crippen molar-refractivity contribution in [2.24, 2.45) is 5.73 Å². The predicted octanol–water partition coefficient (Wildman–Crippen LogP) is 3.97. The quantitative estimate of drug-likeness (QED) is 0.108. The number of hydrogen-bond acceptors (Lipinski definition) is 3. The van der Waals surface area contributed by atoms with Crippen molar-refractivity contribution in [3.8, 4) is 0 Å². The van der Waals surface area contributed by atoms with Crippen LogP contribution in [0.1, 0.15) is 58.3 Å². The van der Waals surface area contributed by atoms with E-state index < -0.39 is 0 Å². The highest BCUT2D eigenvalue weighted by atomic mass is 16.2. The summed E-state index contributed by atoms with van der Waals surface area (Å²) in [6.45, 7) is 2.90. The average Bonchev–Trinajstić information content (AvgIpc) is 2.78. The third-order valence-electron chi connectivity index (χ3n) is 4.49. The van der Waals surface area contributed by atoms with Crippen molar-refractivity contribution in [2.75, 3.05) is 26.7 Å². The van der Waals surface area contributed by atoms with Gasteiger partial charge in [0.1, 0.15) is 0 Å². The van der Waals surface area contributed by atoms with E-state index in [1.54, 1.807) is 7.05 Å². The maximum Gasteiger partial charge on any atom is 0.239 e. The largest absolute Gasteiger partial charge is 0.370 e. The van der Waals surface area contributed by atoms with Crippen LogP contribution in [0.2, 0.25) is 0 Å². The number of carbonyl (C=O) groups is 2. The summed E-state index contributed by atoms with van der Waals surface area (Å²) in [5, 5.41) is 12.7. The van der Waals surface area contributed by atoms with Crippen LogP contribution in [-0.2, 0) is 9.59 Å². The maximum absolute atomic E-state index is 11.8. The molecule has 0 spiro atoms. The molecule has 5 N–H and O–H groups in total. The van der Waals surface area contributed by atoms with Crippen LogP contribution >= 0.6 is 0 Å². The molecule has 184 valence electrons. The van der Waals surface area contributed by atoms with Crippen LogP contribution in [0.25, 0.3) is 0 Å². The van der Waals surface area contributed by atoms with E-state index in [2.05, 4.69) is 78.3 Å². The van der Waals surface area contributed by atoms with E-state index in [9.17, 15) is 9.59 Å². The van der Waals surface area contributed by atoms with Gasteiger partial charge in [-0.15, -0.1) is 0 Å². The van der Waals surface area contributed by atoms with E-state index in [4.69, 9.17) is 11.1 Å². The normalized spacial score (nSPS) is 11.9. The van der Waals surface area contributed by atoms with Gasteiger partial charge < -0.3 is 21.3 Å². The summed E-state index contributed by atoms with van der Waals surface area (Å²) >= 11 is 0. The van der Waals surface area contributed by atoms with Gasteiger partial charge >= 0.3 is 0 Å². The van der Waals surface area contributed by atoms with Crippen LogP contribution in [0.3, 0.4) is 0 Å². The number of hydrogen-bond donors (Lipinski definition) is 4. The standard InChI is InChI=1S/C26H43N5O2/c1-3-4-5-6-7-8-9-10-11-12-13-14-15-16-17-18-19-20-24(32)29-21-22-30-25(33)23-31(2)26(27)28/h4-5,7-8,10-11,13-14,16-17H,3,6,9,12,15,18-23H2,1-2H3,(H3,27,28)(H,29,32)(H,30,33)/b5-4-,8-7-,11-10-,14-13-,17-16-. The lowest BCUT2D eigenvalue weighted by molar-refractivity contribution is -0.123. The molecule has 7 nitrogen and oxygen atoms in total. The summed E-state index contributed by atoms with van der Waals surface area (Å²) in [5.74, 6) is -0.413. The summed E-state index contributed by atoms with van der Waals surface area (Å²) in [6, 6.07) is 0. The molecule has 0 aromatic heterocycles. The molecular weight excluding hydrogens is 414 g/mol. The van der Waals surface area contributed by atoms with Crippen LogP contribution in [0.15, 0.2) is 60.8 Å². The topological polar surface area (TPSA) is 111 Å². The van der Waals surface area contributed by atoms with E-state index in [0.717, 1.165) is 44.9 Å². The first kappa shape index (κ1) is 29.9. The van der Waals surface area contributed by atoms with Gasteiger partial charge in [-0.05, 0) is 44.9 Å². The average molecular weight is 458 g/mol. The first-order chi connectivity index (χ1) is 16.0. The van der Waals surface area contributed by atoms with Crippen molar-refractivity contribution in [2.45, 2.75) is 58.3 Å². The lowest BCUT2D eigenvalue weighted by Gasteiger charge is -2.15. The molecule has 0 heterocycles. The van der Waals surface area contributed by atoms with E-state index in [-0.39, 0.29) is 24.3 Å². The van der Waals surface area contributed by atoms with Crippen molar-refractivity contribution >= 4 is 17.8 Å². The number of allylic oxidation sites excluding steroid dienone is 10. The Morgan fingerprint density at radius 2 is 1.24 bits per heavy atom. The highest BCUT2D eigenvalue weighted by Crippen LogP contribution is 1.99. The molecule has 0 fully saturated rings. The van der Waals surface area contributed by atoms with Crippen molar-refractivity contribution in [3.05, 3.63) is 60.8 Å². The number of likely N-dealkylation sites (N-methyl/N-ethyl adjacent to an activating group) is 1. The third-order valence-corrected chi connectivity index (χ3v) is 4.49. The molecule has 0 aliphatic heterocycles. The molecule has 0 aliphatic carbocycles. The van der Waals surface area contributed by atoms with Crippen molar-refractivity contribution < 1.29 is 9.59 Å². The van der Waals surface area contributed by atoms with Gasteiger partial charge in [-0.2, -0.15) is 0 Å². The first-order valence-corrected chi connectivity index (χ1v) is 11.8. The lowest BCUT2D eigenvalue weighted by atomic mass is 10.2.